The molecular formula is C19H25N3O. The second-order valence-electron chi connectivity index (χ2n) is 8.61. The van der Waals surface area contributed by atoms with Crippen LogP contribution in [0.1, 0.15) is 25.6 Å². The third-order valence-electron chi connectivity index (χ3n) is 6.48. The zero-order valence-corrected chi connectivity index (χ0v) is 14.2. The quantitative estimate of drug-likeness (QED) is 0.876. The van der Waals surface area contributed by atoms with Gasteiger partial charge in [-0.05, 0) is 6.07 Å². The predicted molar refractivity (Wildman–Crippen MR) is 91.0 cm³/mol. The summed E-state index contributed by atoms with van der Waals surface area (Å²) < 4.78 is 2.25. The molecule has 4 saturated heterocycles. The minimum absolute atomic E-state index is 0.00628. The summed E-state index contributed by atoms with van der Waals surface area (Å²) in [6.07, 6.45) is 2.48. The standard InChI is InChI=1S/C19H25N3O/c1-18-9-21-11-19(2,17(18)23)12-22(10-18)16(21)14-8-20(3)15-7-5-4-6-13(14)15/h4-8,16-17,23H,9-12H2,1-3H3. The number of para-hydroxylation sites is 1. The van der Waals surface area contributed by atoms with Gasteiger partial charge < -0.3 is 9.67 Å². The maximum absolute atomic E-state index is 10.8. The highest BCUT2D eigenvalue weighted by atomic mass is 16.3. The third-order valence-corrected chi connectivity index (χ3v) is 6.48. The fraction of sp³-hybridized carbons (Fsp3) is 0.579. The second kappa shape index (κ2) is 4.18. The third kappa shape index (κ3) is 1.66. The molecule has 4 aliphatic rings. The number of aromatic nitrogens is 1. The molecule has 0 saturated carbocycles. The maximum atomic E-state index is 10.8. The number of hydrogen-bond acceptors (Lipinski definition) is 3. The molecule has 4 fully saturated rings. The molecule has 4 bridgehead atoms. The van der Waals surface area contributed by atoms with Crippen molar-refractivity contribution >= 4 is 10.9 Å². The molecule has 0 amide bonds. The zero-order valence-electron chi connectivity index (χ0n) is 14.2. The summed E-state index contributed by atoms with van der Waals surface area (Å²) in [7, 11) is 2.14. The molecule has 4 aliphatic heterocycles. The lowest BCUT2D eigenvalue weighted by atomic mass is 9.60. The Morgan fingerprint density at radius 3 is 2.17 bits per heavy atom. The van der Waals surface area contributed by atoms with E-state index in [1.165, 1.54) is 16.5 Å². The lowest BCUT2D eigenvalue weighted by Crippen LogP contribution is -2.76. The number of aliphatic hydroxyl groups excluding tert-OH is 1. The average molecular weight is 311 g/mol. The number of hydrogen-bond donors (Lipinski definition) is 1. The number of fused-ring (bicyclic) bond motifs is 1. The van der Waals surface area contributed by atoms with Crippen LogP contribution in [-0.4, -0.2) is 51.8 Å². The van der Waals surface area contributed by atoms with E-state index in [2.05, 4.69) is 65.7 Å². The Hall–Kier alpha value is -1.36. The normalized spacial score (nSPS) is 45.0. The van der Waals surface area contributed by atoms with Gasteiger partial charge in [0.1, 0.15) is 0 Å². The highest BCUT2D eigenvalue weighted by molar-refractivity contribution is 5.84. The maximum Gasteiger partial charge on any atom is 0.0908 e. The molecule has 122 valence electrons. The number of piperidine rings is 2. The lowest BCUT2D eigenvalue weighted by molar-refractivity contribution is -0.253. The Bertz CT molecular complexity index is 757. The van der Waals surface area contributed by atoms with Gasteiger partial charge >= 0.3 is 0 Å². The molecule has 5 heterocycles. The van der Waals surface area contributed by atoms with Crippen LogP contribution in [-0.2, 0) is 7.05 Å². The van der Waals surface area contributed by atoms with E-state index in [4.69, 9.17) is 0 Å². The van der Waals surface area contributed by atoms with Gasteiger partial charge in [-0.25, -0.2) is 0 Å². The fourth-order valence-electron chi connectivity index (χ4n) is 5.80. The average Bonchev–Trinajstić information content (AvgIpc) is 2.81. The van der Waals surface area contributed by atoms with E-state index in [0.29, 0.717) is 6.17 Å². The van der Waals surface area contributed by atoms with Crippen LogP contribution >= 0.6 is 0 Å². The first-order valence-electron chi connectivity index (χ1n) is 8.61. The van der Waals surface area contributed by atoms with E-state index in [1.54, 1.807) is 0 Å². The Balaban J connectivity index is 1.64. The lowest BCUT2D eigenvalue weighted by Gasteiger charge is -2.68. The Morgan fingerprint density at radius 2 is 1.57 bits per heavy atom. The fourth-order valence-corrected chi connectivity index (χ4v) is 5.80. The van der Waals surface area contributed by atoms with Crippen LogP contribution in [0.25, 0.3) is 10.9 Å². The van der Waals surface area contributed by atoms with Crippen LogP contribution in [0, 0.1) is 10.8 Å². The first-order valence-corrected chi connectivity index (χ1v) is 8.61. The van der Waals surface area contributed by atoms with Crippen LogP contribution in [0.5, 0.6) is 0 Å². The van der Waals surface area contributed by atoms with Crippen molar-refractivity contribution in [3.05, 3.63) is 36.0 Å². The molecule has 6 rings (SSSR count). The molecular weight excluding hydrogens is 286 g/mol. The van der Waals surface area contributed by atoms with Gasteiger partial charge in [0.25, 0.3) is 0 Å². The molecule has 4 nitrogen and oxygen atoms in total. The van der Waals surface area contributed by atoms with Gasteiger partial charge in [0.2, 0.25) is 0 Å². The van der Waals surface area contributed by atoms with Crippen LogP contribution in [0.4, 0.5) is 0 Å². The van der Waals surface area contributed by atoms with E-state index in [0.717, 1.165) is 26.2 Å². The largest absolute Gasteiger partial charge is 0.392 e. The molecule has 1 aromatic heterocycles. The highest BCUT2D eigenvalue weighted by Gasteiger charge is 2.62. The van der Waals surface area contributed by atoms with Crippen LogP contribution in [0.15, 0.2) is 30.5 Å². The van der Waals surface area contributed by atoms with Gasteiger partial charge in [0.05, 0.1) is 12.3 Å². The Kier molecular flexibility index (Phi) is 2.55. The van der Waals surface area contributed by atoms with E-state index < -0.39 is 0 Å². The van der Waals surface area contributed by atoms with Crippen molar-refractivity contribution < 1.29 is 5.11 Å². The van der Waals surface area contributed by atoms with E-state index in [9.17, 15) is 5.11 Å². The summed E-state index contributed by atoms with van der Waals surface area (Å²) >= 11 is 0. The molecule has 2 aromatic rings. The highest BCUT2D eigenvalue weighted by Crippen LogP contribution is 2.54. The topological polar surface area (TPSA) is 31.6 Å². The van der Waals surface area contributed by atoms with E-state index >= 15 is 0 Å². The molecule has 1 N–H and O–H groups in total. The number of benzene rings is 1. The summed E-state index contributed by atoms with van der Waals surface area (Å²) in [5.74, 6) is 0. The van der Waals surface area contributed by atoms with Crippen molar-refractivity contribution in [3.63, 3.8) is 0 Å². The zero-order chi connectivity index (χ0) is 16.0. The smallest absolute Gasteiger partial charge is 0.0908 e. The van der Waals surface area contributed by atoms with Crippen LogP contribution < -0.4 is 0 Å². The summed E-state index contributed by atoms with van der Waals surface area (Å²) in [6, 6.07) is 8.70. The number of aryl methyl sites for hydroxylation is 1. The van der Waals surface area contributed by atoms with Crippen molar-refractivity contribution in [1.82, 2.24) is 14.4 Å². The number of aliphatic hydroxyl groups is 1. The SMILES string of the molecule is Cn1cc(C2N3CC4(C)CN2CC(C)(C3)C4O)c2ccccc21. The molecule has 0 spiro atoms. The van der Waals surface area contributed by atoms with Crippen molar-refractivity contribution in [2.75, 3.05) is 26.2 Å². The predicted octanol–water partition coefficient (Wildman–Crippen LogP) is 2.20. The van der Waals surface area contributed by atoms with Gasteiger partial charge in [-0.3, -0.25) is 9.80 Å². The van der Waals surface area contributed by atoms with Crippen molar-refractivity contribution in [3.8, 4) is 0 Å². The van der Waals surface area contributed by atoms with Crippen LogP contribution in [0.3, 0.4) is 0 Å². The van der Waals surface area contributed by atoms with Gasteiger partial charge in [0, 0.05) is 66.7 Å². The molecule has 23 heavy (non-hydrogen) atoms. The molecule has 0 unspecified atom stereocenters. The van der Waals surface area contributed by atoms with Gasteiger partial charge in [0.15, 0.2) is 0 Å². The van der Waals surface area contributed by atoms with Gasteiger partial charge in [-0.15, -0.1) is 0 Å². The molecule has 0 atom stereocenters. The Labute approximate surface area is 137 Å². The summed E-state index contributed by atoms with van der Waals surface area (Å²) in [5.41, 5.74) is 2.73. The van der Waals surface area contributed by atoms with Crippen molar-refractivity contribution in [1.29, 1.82) is 0 Å². The van der Waals surface area contributed by atoms with Gasteiger partial charge in [-0.1, -0.05) is 32.0 Å². The monoisotopic (exact) mass is 311 g/mol. The summed E-state index contributed by atoms with van der Waals surface area (Å²) in [5, 5.41) is 12.2. The minimum atomic E-state index is -0.184. The van der Waals surface area contributed by atoms with Crippen LogP contribution in [0.2, 0.25) is 0 Å². The molecule has 0 aliphatic carbocycles. The molecule has 1 aromatic carbocycles. The number of nitrogens with zero attached hydrogens (tertiary/aromatic N) is 3. The first-order chi connectivity index (χ1) is 10.9. The van der Waals surface area contributed by atoms with Gasteiger partial charge in [-0.2, -0.15) is 0 Å². The molecule has 4 heteroatoms. The van der Waals surface area contributed by atoms with E-state index in [1.807, 2.05) is 0 Å². The van der Waals surface area contributed by atoms with Crippen molar-refractivity contribution in [2.45, 2.75) is 26.1 Å². The summed E-state index contributed by atoms with van der Waals surface area (Å²) in [6.45, 7) is 8.49. The van der Waals surface area contributed by atoms with E-state index in [-0.39, 0.29) is 16.9 Å². The molecule has 0 radical (unpaired) electrons. The second-order valence-corrected chi connectivity index (χ2v) is 8.61. The Morgan fingerprint density at radius 1 is 1.00 bits per heavy atom. The summed E-state index contributed by atoms with van der Waals surface area (Å²) in [4.78, 5) is 5.20. The number of rotatable bonds is 1. The first kappa shape index (κ1) is 14.0. The minimum Gasteiger partial charge on any atom is -0.392 e. The van der Waals surface area contributed by atoms with Crippen molar-refractivity contribution in [2.24, 2.45) is 17.9 Å².